The van der Waals surface area contributed by atoms with Crippen molar-refractivity contribution >= 4 is 11.8 Å². The molecular weight excluding hydrogens is 258 g/mol. The summed E-state index contributed by atoms with van der Waals surface area (Å²) >= 11 is 0. The smallest absolute Gasteiger partial charge is 0.269 e. The first kappa shape index (κ1) is 16.1. The zero-order chi connectivity index (χ0) is 15.0. The fourth-order valence-electron chi connectivity index (χ4n) is 1.46. The van der Waals surface area contributed by atoms with Gasteiger partial charge in [-0.1, -0.05) is 6.92 Å². The Balaban J connectivity index is 2.70. The molecule has 1 unspecified atom stereocenters. The van der Waals surface area contributed by atoms with Crippen molar-refractivity contribution in [3.63, 3.8) is 0 Å². The normalized spacial score (nSPS) is 11.8. The maximum absolute atomic E-state index is 12.0. The topological polar surface area (TPSA) is 80.3 Å². The number of aromatic nitrogens is 1. The average Bonchev–Trinajstić information content (AvgIpc) is 2.47. The van der Waals surface area contributed by atoms with Gasteiger partial charge >= 0.3 is 0 Å². The molecule has 0 saturated heterocycles. The second-order valence-corrected chi connectivity index (χ2v) is 4.46. The Bertz CT molecular complexity index is 463. The van der Waals surface area contributed by atoms with Crippen molar-refractivity contribution in [2.45, 2.75) is 26.3 Å². The molecule has 1 aromatic rings. The predicted octanol–water partition coefficient (Wildman–Crippen LogP) is 0.986. The highest BCUT2D eigenvalue weighted by atomic mass is 16.5. The summed E-state index contributed by atoms with van der Waals surface area (Å²) in [6.07, 6.45) is 2.30. The van der Waals surface area contributed by atoms with Crippen LogP contribution in [0.3, 0.4) is 0 Å². The maximum Gasteiger partial charge on any atom is 0.269 e. The summed E-state index contributed by atoms with van der Waals surface area (Å²) in [5, 5.41) is 5.51. The molecule has 0 aliphatic rings. The van der Waals surface area contributed by atoms with Crippen molar-refractivity contribution in [3.8, 4) is 0 Å². The summed E-state index contributed by atoms with van der Waals surface area (Å²) in [5.41, 5.74) is 0.648. The van der Waals surface area contributed by atoms with Gasteiger partial charge in [0.1, 0.15) is 5.69 Å². The van der Waals surface area contributed by atoms with Gasteiger partial charge in [-0.25, -0.2) is 0 Å². The highest BCUT2D eigenvalue weighted by molar-refractivity contribution is 5.98. The van der Waals surface area contributed by atoms with E-state index in [1.807, 2.05) is 13.8 Å². The first-order valence-electron chi connectivity index (χ1n) is 6.62. The fourth-order valence-corrected chi connectivity index (χ4v) is 1.46. The lowest BCUT2D eigenvalue weighted by atomic mass is 10.2. The van der Waals surface area contributed by atoms with Crippen LogP contribution >= 0.6 is 0 Å². The van der Waals surface area contributed by atoms with E-state index >= 15 is 0 Å². The summed E-state index contributed by atoms with van der Waals surface area (Å²) in [7, 11) is 1.56. The van der Waals surface area contributed by atoms with E-state index in [-0.39, 0.29) is 23.6 Å². The summed E-state index contributed by atoms with van der Waals surface area (Å²) in [6, 6.07) is 3.17. The molecule has 0 bridgehead atoms. The molecule has 0 aliphatic carbocycles. The van der Waals surface area contributed by atoms with E-state index in [0.717, 1.165) is 6.42 Å². The SMILES string of the molecule is CCC(C)NC(=O)c1ccnc(C(=O)NCCOC)c1. The number of rotatable bonds is 7. The highest BCUT2D eigenvalue weighted by Crippen LogP contribution is 2.03. The number of methoxy groups -OCH3 is 1. The van der Waals surface area contributed by atoms with Gasteiger partial charge in [-0.2, -0.15) is 0 Å². The number of nitrogens with zero attached hydrogens (tertiary/aromatic N) is 1. The molecule has 6 nitrogen and oxygen atoms in total. The van der Waals surface area contributed by atoms with E-state index < -0.39 is 0 Å². The van der Waals surface area contributed by atoms with E-state index in [4.69, 9.17) is 4.74 Å². The first-order chi connectivity index (χ1) is 9.58. The molecule has 0 saturated carbocycles. The fraction of sp³-hybridized carbons (Fsp3) is 0.500. The Morgan fingerprint density at radius 3 is 2.80 bits per heavy atom. The Hall–Kier alpha value is -1.95. The summed E-state index contributed by atoms with van der Waals surface area (Å²) < 4.78 is 4.85. The van der Waals surface area contributed by atoms with Crippen molar-refractivity contribution in [1.29, 1.82) is 0 Å². The third-order valence-corrected chi connectivity index (χ3v) is 2.84. The number of carbonyl (C=O) groups is 2. The minimum absolute atomic E-state index is 0.0923. The Morgan fingerprint density at radius 2 is 2.15 bits per heavy atom. The van der Waals surface area contributed by atoms with Gasteiger partial charge in [0, 0.05) is 31.5 Å². The minimum atomic E-state index is -0.319. The molecule has 2 amide bonds. The molecule has 0 spiro atoms. The molecule has 1 heterocycles. The lowest BCUT2D eigenvalue weighted by Gasteiger charge is -2.11. The van der Waals surface area contributed by atoms with Gasteiger partial charge in [-0.15, -0.1) is 0 Å². The van der Waals surface area contributed by atoms with Crippen LogP contribution in [0.4, 0.5) is 0 Å². The summed E-state index contributed by atoms with van der Waals surface area (Å²) in [6.45, 7) is 4.75. The predicted molar refractivity (Wildman–Crippen MR) is 75.7 cm³/mol. The number of hydrogen-bond acceptors (Lipinski definition) is 4. The van der Waals surface area contributed by atoms with E-state index in [2.05, 4.69) is 15.6 Å². The van der Waals surface area contributed by atoms with Crippen LogP contribution in [-0.2, 0) is 4.74 Å². The number of amides is 2. The number of hydrogen-bond donors (Lipinski definition) is 2. The molecule has 6 heteroatoms. The summed E-state index contributed by atoms with van der Waals surface area (Å²) in [5.74, 6) is -0.520. The monoisotopic (exact) mass is 279 g/mol. The van der Waals surface area contributed by atoms with Crippen LogP contribution in [0.1, 0.15) is 41.1 Å². The first-order valence-corrected chi connectivity index (χ1v) is 6.62. The van der Waals surface area contributed by atoms with Gasteiger partial charge < -0.3 is 15.4 Å². The van der Waals surface area contributed by atoms with Crippen molar-refractivity contribution in [3.05, 3.63) is 29.6 Å². The molecule has 0 fully saturated rings. The quantitative estimate of drug-likeness (QED) is 0.729. The van der Waals surface area contributed by atoms with E-state index in [1.54, 1.807) is 13.2 Å². The van der Waals surface area contributed by atoms with Crippen LogP contribution in [0.2, 0.25) is 0 Å². The lowest BCUT2D eigenvalue weighted by molar-refractivity contribution is 0.0932. The van der Waals surface area contributed by atoms with Gasteiger partial charge in [0.25, 0.3) is 11.8 Å². The average molecular weight is 279 g/mol. The molecule has 0 aromatic carbocycles. The van der Waals surface area contributed by atoms with Gasteiger partial charge in [-0.05, 0) is 25.5 Å². The third-order valence-electron chi connectivity index (χ3n) is 2.84. The van der Waals surface area contributed by atoms with E-state index in [1.165, 1.54) is 12.3 Å². The molecule has 0 radical (unpaired) electrons. The maximum atomic E-state index is 12.0. The van der Waals surface area contributed by atoms with Crippen molar-refractivity contribution in [2.75, 3.05) is 20.3 Å². The van der Waals surface area contributed by atoms with Gasteiger partial charge in [-0.3, -0.25) is 14.6 Å². The summed E-state index contributed by atoms with van der Waals surface area (Å²) in [4.78, 5) is 27.7. The van der Waals surface area contributed by atoms with Crippen LogP contribution in [0.15, 0.2) is 18.3 Å². The number of nitrogens with one attached hydrogen (secondary N) is 2. The van der Waals surface area contributed by atoms with E-state index in [0.29, 0.717) is 18.7 Å². The number of carbonyl (C=O) groups excluding carboxylic acids is 2. The third kappa shape index (κ3) is 4.97. The largest absolute Gasteiger partial charge is 0.383 e. The molecule has 20 heavy (non-hydrogen) atoms. The molecule has 1 atom stereocenters. The Labute approximate surface area is 118 Å². The second kappa shape index (κ2) is 8.27. The van der Waals surface area contributed by atoms with Crippen LogP contribution < -0.4 is 10.6 Å². The zero-order valence-corrected chi connectivity index (χ0v) is 12.1. The molecule has 1 rings (SSSR count). The molecular formula is C14H21N3O3. The molecule has 110 valence electrons. The Morgan fingerprint density at radius 1 is 1.40 bits per heavy atom. The minimum Gasteiger partial charge on any atom is -0.383 e. The number of ether oxygens (including phenoxy) is 1. The van der Waals surface area contributed by atoms with Crippen LogP contribution in [0, 0.1) is 0 Å². The number of pyridine rings is 1. The van der Waals surface area contributed by atoms with Crippen molar-refractivity contribution in [2.24, 2.45) is 0 Å². The second-order valence-electron chi connectivity index (χ2n) is 4.46. The zero-order valence-electron chi connectivity index (χ0n) is 12.1. The molecule has 0 aliphatic heterocycles. The van der Waals surface area contributed by atoms with E-state index in [9.17, 15) is 9.59 Å². The highest BCUT2D eigenvalue weighted by Gasteiger charge is 2.12. The van der Waals surface area contributed by atoms with Crippen molar-refractivity contribution in [1.82, 2.24) is 15.6 Å². The van der Waals surface area contributed by atoms with Crippen LogP contribution in [-0.4, -0.2) is 43.1 Å². The molecule has 1 aromatic heterocycles. The van der Waals surface area contributed by atoms with Crippen LogP contribution in [0.5, 0.6) is 0 Å². The van der Waals surface area contributed by atoms with Gasteiger partial charge in [0.15, 0.2) is 0 Å². The van der Waals surface area contributed by atoms with Crippen molar-refractivity contribution < 1.29 is 14.3 Å². The Kier molecular flexibility index (Phi) is 6.66. The standard InChI is InChI=1S/C14H21N3O3/c1-4-10(2)17-13(18)11-5-6-15-12(9-11)14(19)16-7-8-20-3/h5-6,9-10H,4,7-8H2,1-3H3,(H,16,19)(H,17,18). The lowest BCUT2D eigenvalue weighted by Crippen LogP contribution is -2.32. The molecule has 2 N–H and O–H groups in total. The van der Waals surface area contributed by atoms with Crippen LogP contribution in [0.25, 0.3) is 0 Å². The van der Waals surface area contributed by atoms with Gasteiger partial charge in [0.05, 0.1) is 6.61 Å². The van der Waals surface area contributed by atoms with Gasteiger partial charge in [0.2, 0.25) is 0 Å².